The molecule has 1 aliphatic heterocycles. The van der Waals surface area contributed by atoms with Crippen LogP contribution in [0, 0.1) is 0 Å². The smallest absolute Gasteiger partial charge is 0.348 e. The molecule has 0 saturated carbocycles. The van der Waals surface area contributed by atoms with Crippen LogP contribution in [0.5, 0.6) is 5.75 Å². The largest absolute Gasteiger partial charge is 0.504 e. The molecule has 0 bridgehead atoms. The average Bonchev–Trinajstić information content (AvgIpc) is 2.97. The molecular weight excluding hydrogens is 400 g/mol. The van der Waals surface area contributed by atoms with Gasteiger partial charge in [0, 0.05) is 11.9 Å². The van der Waals surface area contributed by atoms with E-state index in [4.69, 9.17) is 25.8 Å². The zero-order chi connectivity index (χ0) is 21.1. The fourth-order valence-electron chi connectivity index (χ4n) is 2.74. The Hall–Kier alpha value is -3.58. The Morgan fingerprint density at radius 1 is 1.03 bits per heavy atom. The van der Waals surface area contributed by atoms with Crippen LogP contribution in [0.25, 0.3) is 11.1 Å². The second-order valence-electron chi connectivity index (χ2n) is 5.93. The van der Waals surface area contributed by atoms with E-state index >= 15 is 0 Å². The molecule has 0 amide bonds. The van der Waals surface area contributed by atoms with Crippen LogP contribution in [0.1, 0.15) is 18.1 Å². The number of benzene rings is 2. The lowest BCUT2D eigenvalue weighted by atomic mass is 10.0. The number of methoxy groups -OCH3 is 1. The van der Waals surface area contributed by atoms with Crippen LogP contribution in [0.15, 0.2) is 60.0 Å². The number of carbonyl (C=O) groups excluding carboxylic acids is 3. The van der Waals surface area contributed by atoms with Crippen LogP contribution < -0.4 is 4.74 Å². The minimum atomic E-state index is -0.840. The normalized spacial score (nSPS) is 15.1. The maximum absolute atomic E-state index is 12.4. The predicted octanol–water partition coefficient (Wildman–Crippen LogP) is 3.68. The molecule has 1 heterocycles. The molecule has 148 valence electrons. The second-order valence-corrected chi connectivity index (χ2v) is 6.37. The van der Waals surface area contributed by atoms with Crippen LogP contribution in [0.4, 0.5) is 0 Å². The number of ether oxygens (including phenoxy) is 3. The van der Waals surface area contributed by atoms with Crippen LogP contribution in [-0.2, 0) is 23.9 Å². The highest BCUT2D eigenvalue weighted by Crippen LogP contribution is 2.37. The van der Waals surface area contributed by atoms with E-state index in [1.807, 2.05) is 0 Å². The Kier molecular flexibility index (Phi) is 5.70. The molecule has 0 radical (unpaired) electrons. The molecule has 3 rings (SSSR count). The van der Waals surface area contributed by atoms with Gasteiger partial charge < -0.3 is 19.3 Å². The van der Waals surface area contributed by atoms with Crippen molar-refractivity contribution in [3.8, 4) is 5.75 Å². The molecule has 2 aromatic carbocycles. The van der Waals surface area contributed by atoms with Crippen molar-refractivity contribution in [2.45, 2.75) is 6.92 Å². The molecule has 0 atom stereocenters. The first-order valence-corrected chi connectivity index (χ1v) is 8.72. The van der Waals surface area contributed by atoms with Crippen molar-refractivity contribution in [3.05, 3.63) is 76.2 Å². The van der Waals surface area contributed by atoms with Gasteiger partial charge >= 0.3 is 17.9 Å². The molecule has 0 saturated heterocycles. The number of hydrogen-bond acceptors (Lipinski definition) is 7. The number of cyclic esters (lactones) is 1. The van der Waals surface area contributed by atoms with E-state index in [2.05, 4.69) is 0 Å². The molecule has 0 spiro atoms. The molecule has 0 fully saturated rings. The van der Waals surface area contributed by atoms with Gasteiger partial charge in [-0.3, -0.25) is 4.79 Å². The molecule has 2 aromatic rings. The monoisotopic (exact) mass is 414 g/mol. The van der Waals surface area contributed by atoms with Crippen molar-refractivity contribution in [2.24, 2.45) is 0 Å². The zero-order valence-electron chi connectivity index (χ0n) is 15.4. The number of aliphatic hydroxyl groups is 1. The molecule has 1 aliphatic rings. The maximum Gasteiger partial charge on any atom is 0.348 e. The first kappa shape index (κ1) is 20.2. The zero-order valence-corrected chi connectivity index (χ0v) is 16.1. The SMILES string of the molecule is COC(=O)/C(=C1\OC(=O)C(c2ccc(OC(C)=O)cc2)=C1O)c1ccc(Cl)cc1. The van der Waals surface area contributed by atoms with Gasteiger partial charge in [0.05, 0.1) is 7.11 Å². The van der Waals surface area contributed by atoms with Crippen LogP contribution >= 0.6 is 11.6 Å². The summed E-state index contributed by atoms with van der Waals surface area (Å²) in [5.41, 5.74) is 0.409. The number of carbonyl (C=O) groups is 3. The van der Waals surface area contributed by atoms with E-state index in [0.717, 1.165) is 0 Å². The lowest BCUT2D eigenvalue weighted by Crippen LogP contribution is -2.09. The number of aliphatic hydroxyl groups excluding tert-OH is 1. The fraction of sp³-hybridized carbons (Fsp3) is 0.0952. The van der Waals surface area contributed by atoms with Crippen molar-refractivity contribution in [2.75, 3.05) is 7.11 Å². The standard InChI is InChI=1S/C21H15ClO7/c1-11(23)28-15-9-5-12(6-10-15)16-18(24)19(29-21(16)26)17(20(25)27-2)13-3-7-14(22)8-4-13/h3-10,24H,1-2H3/b19-17-. The van der Waals surface area contributed by atoms with Crippen LogP contribution in [-0.4, -0.2) is 30.1 Å². The molecule has 7 nitrogen and oxygen atoms in total. The third-order valence-electron chi connectivity index (χ3n) is 4.00. The van der Waals surface area contributed by atoms with Crippen molar-refractivity contribution in [3.63, 3.8) is 0 Å². The Labute approximate surface area is 170 Å². The number of halogens is 1. The summed E-state index contributed by atoms with van der Waals surface area (Å²) in [7, 11) is 1.17. The van der Waals surface area contributed by atoms with E-state index in [9.17, 15) is 19.5 Å². The van der Waals surface area contributed by atoms with E-state index in [-0.39, 0.29) is 22.7 Å². The first-order valence-electron chi connectivity index (χ1n) is 8.35. The highest BCUT2D eigenvalue weighted by Gasteiger charge is 2.36. The van der Waals surface area contributed by atoms with Gasteiger partial charge in [-0.25, -0.2) is 9.59 Å². The summed E-state index contributed by atoms with van der Waals surface area (Å²) in [6.45, 7) is 1.26. The summed E-state index contributed by atoms with van der Waals surface area (Å²) in [5.74, 6) is -2.68. The van der Waals surface area contributed by atoms with Gasteiger partial charge in [0.15, 0.2) is 11.5 Å². The van der Waals surface area contributed by atoms with Crippen molar-refractivity contribution < 1.29 is 33.7 Å². The number of esters is 3. The van der Waals surface area contributed by atoms with E-state index in [0.29, 0.717) is 16.1 Å². The highest BCUT2D eigenvalue weighted by molar-refractivity contribution is 6.31. The number of hydrogen-bond donors (Lipinski definition) is 1. The molecule has 29 heavy (non-hydrogen) atoms. The highest BCUT2D eigenvalue weighted by atomic mass is 35.5. The van der Waals surface area contributed by atoms with Crippen LogP contribution in [0.3, 0.4) is 0 Å². The van der Waals surface area contributed by atoms with Crippen molar-refractivity contribution >= 4 is 40.7 Å². The minimum absolute atomic E-state index is 0.124. The summed E-state index contributed by atoms with van der Waals surface area (Å²) in [4.78, 5) is 35.8. The van der Waals surface area contributed by atoms with Gasteiger partial charge in [-0.2, -0.15) is 0 Å². The molecule has 1 N–H and O–H groups in total. The van der Waals surface area contributed by atoms with Crippen molar-refractivity contribution in [1.82, 2.24) is 0 Å². The van der Waals surface area contributed by atoms with Gasteiger partial charge in [-0.05, 0) is 35.4 Å². The lowest BCUT2D eigenvalue weighted by molar-refractivity contribution is -0.134. The van der Waals surface area contributed by atoms with Gasteiger partial charge in [0.25, 0.3) is 0 Å². The van der Waals surface area contributed by atoms with E-state index < -0.39 is 23.7 Å². The van der Waals surface area contributed by atoms with Gasteiger partial charge in [-0.1, -0.05) is 35.9 Å². The first-order chi connectivity index (χ1) is 13.8. The summed E-state index contributed by atoms with van der Waals surface area (Å²) in [6, 6.07) is 12.1. The number of rotatable bonds is 4. The third kappa shape index (κ3) is 4.14. The average molecular weight is 415 g/mol. The summed E-state index contributed by atoms with van der Waals surface area (Å²) < 4.78 is 14.9. The van der Waals surface area contributed by atoms with E-state index in [1.54, 1.807) is 12.1 Å². The van der Waals surface area contributed by atoms with Gasteiger partial charge in [0.1, 0.15) is 16.9 Å². The Morgan fingerprint density at radius 3 is 2.21 bits per heavy atom. The molecule has 8 heteroatoms. The Balaban J connectivity index is 2.10. The quantitative estimate of drug-likeness (QED) is 0.463. The molecule has 0 unspecified atom stereocenters. The Bertz CT molecular complexity index is 1050. The van der Waals surface area contributed by atoms with Crippen molar-refractivity contribution in [1.29, 1.82) is 0 Å². The van der Waals surface area contributed by atoms with Crippen LogP contribution in [0.2, 0.25) is 5.02 Å². The van der Waals surface area contributed by atoms with Gasteiger partial charge in [-0.15, -0.1) is 0 Å². The minimum Gasteiger partial charge on any atom is -0.504 e. The van der Waals surface area contributed by atoms with E-state index in [1.165, 1.54) is 50.4 Å². The predicted molar refractivity (Wildman–Crippen MR) is 104 cm³/mol. The second kappa shape index (κ2) is 8.20. The topological polar surface area (TPSA) is 99.1 Å². The maximum atomic E-state index is 12.4. The summed E-state index contributed by atoms with van der Waals surface area (Å²) >= 11 is 5.88. The van der Waals surface area contributed by atoms with Gasteiger partial charge in [0.2, 0.25) is 0 Å². The molecule has 0 aliphatic carbocycles. The fourth-order valence-corrected chi connectivity index (χ4v) is 2.87. The Morgan fingerprint density at radius 2 is 1.66 bits per heavy atom. The molecule has 0 aromatic heterocycles. The third-order valence-corrected chi connectivity index (χ3v) is 4.26. The summed E-state index contributed by atoms with van der Waals surface area (Å²) in [5, 5.41) is 11.1. The summed E-state index contributed by atoms with van der Waals surface area (Å²) in [6.07, 6.45) is 0. The lowest BCUT2D eigenvalue weighted by Gasteiger charge is -2.09. The molecular formula is C21H15ClO7.